The summed E-state index contributed by atoms with van der Waals surface area (Å²) < 4.78 is 0. The van der Waals surface area contributed by atoms with Gasteiger partial charge in [0.05, 0.1) is 6.10 Å². The molecule has 5 rings (SSSR count). The van der Waals surface area contributed by atoms with E-state index in [1.807, 2.05) is 18.2 Å². The van der Waals surface area contributed by atoms with Gasteiger partial charge in [-0.2, -0.15) is 0 Å². The van der Waals surface area contributed by atoms with Crippen molar-refractivity contribution < 1.29 is 5.11 Å². The van der Waals surface area contributed by atoms with Crippen LogP contribution in [0.2, 0.25) is 10.0 Å². The Morgan fingerprint density at radius 2 is 1.48 bits per heavy atom. The van der Waals surface area contributed by atoms with Crippen LogP contribution in [0.3, 0.4) is 0 Å². The van der Waals surface area contributed by atoms with Gasteiger partial charge >= 0.3 is 0 Å². The van der Waals surface area contributed by atoms with Crippen molar-refractivity contribution in [2.24, 2.45) is 29.6 Å². The van der Waals surface area contributed by atoms with Crippen molar-refractivity contribution in [1.29, 1.82) is 0 Å². The number of aliphatic hydroxyl groups is 1. The lowest BCUT2D eigenvalue weighted by molar-refractivity contribution is -0.0887. The standard InChI is InChI=1S/C18H22Cl2O/c19-15-2-1-3-16(20)14(15)9-17(21)18-12-5-10-4-11(7-12)8-13(18)6-10/h1-3,10-13,17-18,21H,4-9H2. The SMILES string of the molecule is OC(Cc1c(Cl)cccc1Cl)C1C2CC3CC(C2)CC1C3. The monoisotopic (exact) mass is 324 g/mol. The maximum absolute atomic E-state index is 10.9. The molecule has 1 aromatic carbocycles. The largest absolute Gasteiger partial charge is 0.392 e. The van der Waals surface area contributed by atoms with Crippen LogP contribution in [-0.2, 0) is 6.42 Å². The van der Waals surface area contributed by atoms with E-state index < -0.39 is 0 Å². The van der Waals surface area contributed by atoms with Crippen LogP contribution in [0.5, 0.6) is 0 Å². The zero-order valence-corrected chi connectivity index (χ0v) is 13.7. The van der Waals surface area contributed by atoms with Crippen LogP contribution in [0.1, 0.15) is 37.7 Å². The quantitative estimate of drug-likeness (QED) is 0.832. The van der Waals surface area contributed by atoms with Gasteiger partial charge in [-0.05, 0) is 79.4 Å². The Labute approximate surface area is 136 Å². The highest BCUT2D eigenvalue weighted by Gasteiger charge is 2.50. The van der Waals surface area contributed by atoms with E-state index in [9.17, 15) is 5.11 Å². The summed E-state index contributed by atoms with van der Waals surface area (Å²) in [5, 5.41) is 12.2. The van der Waals surface area contributed by atoms with Gasteiger partial charge in [0.15, 0.2) is 0 Å². The number of rotatable bonds is 3. The molecule has 0 spiro atoms. The maximum atomic E-state index is 10.9. The molecule has 4 bridgehead atoms. The molecule has 0 amide bonds. The molecule has 1 unspecified atom stereocenters. The van der Waals surface area contributed by atoms with Crippen LogP contribution in [0.4, 0.5) is 0 Å². The molecule has 0 aliphatic heterocycles. The summed E-state index contributed by atoms with van der Waals surface area (Å²) in [5.41, 5.74) is 0.919. The molecule has 114 valence electrons. The molecule has 4 aliphatic rings. The van der Waals surface area contributed by atoms with Crippen molar-refractivity contribution in [1.82, 2.24) is 0 Å². The average molecular weight is 325 g/mol. The first-order valence-corrected chi connectivity index (χ1v) is 8.98. The smallest absolute Gasteiger partial charge is 0.0615 e. The van der Waals surface area contributed by atoms with Crippen molar-refractivity contribution in [2.45, 2.75) is 44.6 Å². The van der Waals surface area contributed by atoms with Gasteiger partial charge in [0.25, 0.3) is 0 Å². The van der Waals surface area contributed by atoms with Crippen LogP contribution < -0.4 is 0 Å². The first kappa shape index (κ1) is 14.4. The van der Waals surface area contributed by atoms with Gasteiger partial charge in [-0.15, -0.1) is 0 Å². The molecule has 4 saturated carbocycles. The van der Waals surface area contributed by atoms with Crippen LogP contribution in [0.25, 0.3) is 0 Å². The Bertz CT molecular complexity index is 494. The summed E-state index contributed by atoms with van der Waals surface area (Å²) in [6.45, 7) is 0. The van der Waals surface area contributed by atoms with Crippen molar-refractivity contribution >= 4 is 23.2 Å². The van der Waals surface area contributed by atoms with Crippen molar-refractivity contribution in [3.05, 3.63) is 33.8 Å². The minimum atomic E-state index is -0.294. The fourth-order valence-electron chi connectivity index (χ4n) is 5.67. The molecular weight excluding hydrogens is 303 g/mol. The molecule has 1 N–H and O–H groups in total. The van der Waals surface area contributed by atoms with Crippen LogP contribution in [0, 0.1) is 29.6 Å². The summed E-state index contributed by atoms with van der Waals surface area (Å²) in [6, 6.07) is 5.60. The summed E-state index contributed by atoms with van der Waals surface area (Å²) >= 11 is 12.5. The Hall–Kier alpha value is -0.240. The van der Waals surface area contributed by atoms with Gasteiger partial charge < -0.3 is 5.11 Å². The highest BCUT2D eigenvalue weighted by molar-refractivity contribution is 6.35. The van der Waals surface area contributed by atoms with Crippen LogP contribution >= 0.6 is 23.2 Å². The molecule has 0 radical (unpaired) electrons. The summed E-state index contributed by atoms with van der Waals surface area (Å²) in [5.74, 6) is 3.82. The Kier molecular flexibility index (Phi) is 3.72. The normalized spacial score (nSPS) is 38.7. The molecule has 0 saturated heterocycles. The van der Waals surface area contributed by atoms with E-state index in [0.29, 0.717) is 22.4 Å². The third kappa shape index (κ3) is 2.52. The lowest BCUT2D eigenvalue weighted by Crippen LogP contribution is -2.49. The van der Waals surface area contributed by atoms with Gasteiger partial charge in [-0.25, -0.2) is 0 Å². The molecule has 1 atom stereocenters. The average Bonchev–Trinajstić information content (AvgIpc) is 2.42. The molecule has 21 heavy (non-hydrogen) atoms. The van der Waals surface area contributed by atoms with E-state index in [0.717, 1.165) is 29.2 Å². The first-order valence-electron chi connectivity index (χ1n) is 8.22. The minimum Gasteiger partial charge on any atom is -0.392 e. The zero-order valence-electron chi connectivity index (χ0n) is 12.1. The highest BCUT2D eigenvalue weighted by atomic mass is 35.5. The van der Waals surface area contributed by atoms with E-state index in [1.54, 1.807) is 0 Å². The Balaban J connectivity index is 1.54. The van der Waals surface area contributed by atoms with Gasteiger partial charge in [0.1, 0.15) is 0 Å². The van der Waals surface area contributed by atoms with Gasteiger partial charge in [-0.1, -0.05) is 29.3 Å². The molecule has 1 nitrogen and oxygen atoms in total. The topological polar surface area (TPSA) is 20.2 Å². The molecule has 4 aliphatic carbocycles. The molecule has 3 heteroatoms. The third-order valence-corrected chi connectivity index (χ3v) is 6.93. The highest BCUT2D eigenvalue weighted by Crippen LogP contribution is 2.57. The van der Waals surface area contributed by atoms with Crippen molar-refractivity contribution in [3.8, 4) is 0 Å². The molecule has 1 aromatic rings. The molecular formula is C18H22Cl2O. The lowest BCUT2D eigenvalue weighted by Gasteiger charge is -2.55. The maximum Gasteiger partial charge on any atom is 0.0615 e. The summed E-state index contributed by atoms with van der Waals surface area (Å²) in [7, 11) is 0. The number of halogens is 2. The Morgan fingerprint density at radius 1 is 0.952 bits per heavy atom. The minimum absolute atomic E-state index is 0.294. The fourth-order valence-corrected chi connectivity index (χ4v) is 6.22. The number of hydrogen-bond acceptors (Lipinski definition) is 1. The Morgan fingerprint density at radius 3 is 2.00 bits per heavy atom. The third-order valence-electron chi connectivity index (χ3n) is 6.22. The zero-order chi connectivity index (χ0) is 14.6. The van der Waals surface area contributed by atoms with Crippen LogP contribution in [-0.4, -0.2) is 11.2 Å². The fraction of sp³-hybridized carbons (Fsp3) is 0.667. The summed E-state index contributed by atoms with van der Waals surface area (Å²) in [6.07, 6.45) is 7.11. The number of aliphatic hydroxyl groups excluding tert-OH is 1. The van der Waals surface area contributed by atoms with Crippen molar-refractivity contribution in [3.63, 3.8) is 0 Å². The van der Waals surface area contributed by atoms with Crippen LogP contribution in [0.15, 0.2) is 18.2 Å². The van der Waals surface area contributed by atoms with E-state index in [-0.39, 0.29) is 6.10 Å². The lowest BCUT2D eigenvalue weighted by atomic mass is 9.50. The second-order valence-corrected chi connectivity index (χ2v) is 8.29. The van der Waals surface area contributed by atoms with Crippen molar-refractivity contribution in [2.75, 3.05) is 0 Å². The summed E-state index contributed by atoms with van der Waals surface area (Å²) in [4.78, 5) is 0. The molecule has 0 heterocycles. The molecule has 0 aromatic heterocycles. The van der Waals surface area contributed by atoms with E-state index in [2.05, 4.69) is 0 Å². The second kappa shape index (κ2) is 5.44. The molecule has 4 fully saturated rings. The van der Waals surface area contributed by atoms with E-state index in [1.165, 1.54) is 32.1 Å². The van der Waals surface area contributed by atoms with E-state index >= 15 is 0 Å². The first-order chi connectivity index (χ1) is 10.1. The number of hydrogen-bond donors (Lipinski definition) is 1. The predicted octanol–water partition coefficient (Wildman–Crippen LogP) is 4.97. The van der Waals surface area contributed by atoms with E-state index in [4.69, 9.17) is 23.2 Å². The number of benzene rings is 1. The van der Waals surface area contributed by atoms with Gasteiger partial charge in [0.2, 0.25) is 0 Å². The van der Waals surface area contributed by atoms with Gasteiger partial charge in [0, 0.05) is 16.5 Å². The second-order valence-electron chi connectivity index (χ2n) is 7.48. The predicted molar refractivity (Wildman–Crippen MR) is 86.7 cm³/mol. The van der Waals surface area contributed by atoms with Gasteiger partial charge in [-0.3, -0.25) is 0 Å².